The van der Waals surface area contributed by atoms with Crippen molar-refractivity contribution in [2.24, 2.45) is 5.41 Å². The van der Waals surface area contributed by atoms with Crippen molar-refractivity contribution in [2.45, 2.75) is 273 Å². The molecule has 101 heavy (non-hydrogen) atoms. The second-order valence-electron chi connectivity index (χ2n) is 36.1. The zero-order valence-electron chi connectivity index (χ0n) is 67.1. The van der Waals surface area contributed by atoms with Gasteiger partial charge < -0.3 is 50.2 Å². The normalized spacial score (nSPS) is 19.2. The molecule has 10 heterocycles. The second-order valence-corrected chi connectivity index (χ2v) is 36.1. The smallest absolute Gasteiger partial charge is 0.242 e. The highest BCUT2D eigenvalue weighted by Gasteiger charge is 2.44. The predicted molar refractivity (Wildman–Crippen MR) is 412 cm³/mol. The zero-order valence-corrected chi connectivity index (χ0v) is 67.1. The van der Waals surface area contributed by atoms with Gasteiger partial charge in [0.05, 0.1) is 40.3 Å². The lowest BCUT2D eigenvalue weighted by Gasteiger charge is -2.46. The molecular formula is C82H134N12O7. The van der Waals surface area contributed by atoms with Crippen molar-refractivity contribution in [3.05, 3.63) is 130 Å². The summed E-state index contributed by atoms with van der Waals surface area (Å²) in [5.74, 6) is 3.50. The molecule has 5 aromatic rings. The second kappa shape index (κ2) is 32.7. The summed E-state index contributed by atoms with van der Waals surface area (Å²) in [4.78, 5) is 50.6. The number of aryl methyl sites for hydroxylation is 2. The number of carbonyl (C=O) groups is 1. The van der Waals surface area contributed by atoms with Crippen molar-refractivity contribution in [1.82, 2.24) is 44.5 Å². The summed E-state index contributed by atoms with van der Waals surface area (Å²) >= 11 is 0. The first-order valence-electron chi connectivity index (χ1n) is 37.2. The molecule has 5 saturated heterocycles. The molecule has 0 saturated carbocycles. The lowest BCUT2D eigenvalue weighted by atomic mass is 9.71. The van der Waals surface area contributed by atoms with Crippen LogP contribution in [0.25, 0.3) is 0 Å². The van der Waals surface area contributed by atoms with Crippen molar-refractivity contribution in [2.75, 3.05) is 99.8 Å². The third kappa shape index (κ3) is 23.6. The fourth-order valence-corrected chi connectivity index (χ4v) is 13.6. The quantitative estimate of drug-likeness (QED) is 0.0807. The van der Waals surface area contributed by atoms with Crippen LogP contribution < -0.4 is 14.7 Å². The minimum absolute atomic E-state index is 0.0999. The number of piperazine rings is 2. The van der Waals surface area contributed by atoms with Gasteiger partial charge in [0.15, 0.2) is 0 Å². The minimum Gasteiger partial charge on any atom is -0.389 e. The number of anilines is 3. The van der Waals surface area contributed by atoms with Crippen LogP contribution in [0.15, 0.2) is 85.5 Å². The van der Waals surface area contributed by atoms with Crippen LogP contribution in [0.2, 0.25) is 0 Å². The van der Waals surface area contributed by atoms with E-state index >= 15 is 0 Å². The van der Waals surface area contributed by atoms with Crippen molar-refractivity contribution in [3.8, 4) is 0 Å². The molecule has 0 bridgehead atoms. The number of carbonyl (C=O) groups excluding carboxylic acids is 1. The number of nitrogens with zero attached hydrogens (tertiary/aromatic N) is 12. The molecule has 0 aliphatic carbocycles. The first kappa shape index (κ1) is 84.2. The average Bonchev–Trinajstić information content (AvgIpc) is 0.805. The van der Waals surface area contributed by atoms with Gasteiger partial charge in [-0.3, -0.25) is 29.5 Å². The Morgan fingerprint density at radius 2 is 0.782 bits per heavy atom. The maximum absolute atomic E-state index is 12.3. The molecule has 564 valence electrons. The van der Waals surface area contributed by atoms with Gasteiger partial charge in [0, 0.05) is 148 Å². The Labute approximate surface area is 609 Å². The number of piperidine rings is 3. The van der Waals surface area contributed by atoms with Crippen molar-refractivity contribution in [3.63, 3.8) is 0 Å². The molecule has 0 aromatic carbocycles. The van der Waals surface area contributed by atoms with E-state index in [-0.39, 0.29) is 33.5 Å². The lowest BCUT2D eigenvalue weighted by molar-refractivity contribution is -0.135. The SMILES string of the molecule is CC(C)(O)c1ccc(C2(O)CCN(C(C)(C)C)CC2)nc1.CC(C)(O)c1ccc(N2CCC(O)(C(C)(C)C)CC2)nc1.CC(C)(O)c1ccc(N2CCN(C(C)(C)C)C(=O)C2)nc1.CC(C)c1ccc(N2CCN(C(C)(C)C)CC2)nc1.Cc1cc(C)nc(C2(O)CCN(C(C)(C)C)CC2)c1. The topological polar surface area (TPSA) is 226 Å². The Morgan fingerprint density at radius 3 is 1.12 bits per heavy atom. The third-order valence-corrected chi connectivity index (χ3v) is 21.2. The van der Waals surface area contributed by atoms with Crippen molar-refractivity contribution < 1.29 is 35.4 Å². The zero-order chi connectivity index (χ0) is 75.9. The van der Waals surface area contributed by atoms with Crippen LogP contribution >= 0.6 is 0 Å². The predicted octanol–water partition coefficient (Wildman–Crippen LogP) is 12.7. The van der Waals surface area contributed by atoms with Gasteiger partial charge in [-0.25, -0.2) is 15.0 Å². The summed E-state index contributed by atoms with van der Waals surface area (Å²) in [5.41, 5.74) is 2.89. The number of likely N-dealkylation sites (tertiary alicyclic amines) is 2. The van der Waals surface area contributed by atoms with E-state index in [1.54, 1.807) is 60.1 Å². The van der Waals surface area contributed by atoms with Crippen LogP contribution in [0.3, 0.4) is 0 Å². The molecule has 0 spiro atoms. The summed E-state index contributed by atoms with van der Waals surface area (Å²) in [5, 5.41) is 62.4. The highest BCUT2D eigenvalue weighted by molar-refractivity contribution is 5.83. The fraction of sp³-hybridized carbons (Fsp3) is 0.683. The lowest BCUT2D eigenvalue weighted by Crippen LogP contribution is -2.57. The highest BCUT2D eigenvalue weighted by Crippen LogP contribution is 2.41. The van der Waals surface area contributed by atoms with Crippen LogP contribution in [0.5, 0.6) is 0 Å². The summed E-state index contributed by atoms with van der Waals surface area (Å²) in [6, 6.07) is 19.8. The van der Waals surface area contributed by atoms with E-state index in [0.717, 1.165) is 143 Å². The van der Waals surface area contributed by atoms with Crippen LogP contribution in [0, 0.1) is 19.3 Å². The Kier molecular flexibility index (Phi) is 27.3. The summed E-state index contributed by atoms with van der Waals surface area (Å²) < 4.78 is 0. The molecule has 0 atom stereocenters. The maximum Gasteiger partial charge on any atom is 0.242 e. The standard InChI is InChI=1S/2C17H28N2O2.C16H25N3O2.C16H27N3.C16H26N2O/c1-15(2,3)17(21)8-10-19(11-9-17)14-7-6-13(12-18-14)16(4,5)20;1-15(2,3)19-10-8-17(21,9-11-19)14-7-6-13(12-18-14)16(4,5)20;1-15(2,3)19-9-8-18(11-14(19)20)13-7-6-12(10-17-13)16(4,5)21;1-13(2)14-6-7-15(17-12-14)18-8-10-19(11-9-18)16(3,4)5;1-12-10-13(2)17-14(11-12)16(19)6-8-18(9-7-16)15(3,4)5/h2*6-7,12,20-21H,8-11H2,1-5H3;6-7,10,21H,8-9,11H2,1-5H3;6-7,12-13H,8-11H2,1-5H3;10-11,19H,6-9H2,1-5H3. The minimum atomic E-state index is -0.899. The highest BCUT2D eigenvalue weighted by atomic mass is 16.3. The van der Waals surface area contributed by atoms with Gasteiger partial charge in [-0.15, -0.1) is 0 Å². The molecule has 6 N–H and O–H groups in total. The number of rotatable bonds is 9. The molecule has 19 nitrogen and oxygen atoms in total. The molecule has 0 unspecified atom stereocenters. The van der Waals surface area contributed by atoms with Crippen LogP contribution in [-0.4, -0.2) is 194 Å². The van der Waals surface area contributed by atoms with E-state index in [0.29, 0.717) is 37.5 Å². The molecule has 5 aromatic heterocycles. The molecular weight excluding hydrogens is 1260 g/mol. The van der Waals surface area contributed by atoms with Gasteiger partial charge in [-0.1, -0.05) is 58.9 Å². The Bertz CT molecular complexity index is 3350. The van der Waals surface area contributed by atoms with E-state index in [1.807, 2.05) is 65.4 Å². The van der Waals surface area contributed by atoms with Gasteiger partial charge in [-0.2, -0.15) is 0 Å². The van der Waals surface area contributed by atoms with Gasteiger partial charge in [-0.05, 0) is 236 Å². The monoisotopic (exact) mass is 1400 g/mol. The van der Waals surface area contributed by atoms with Crippen molar-refractivity contribution >= 4 is 23.4 Å². The number of hydrogen-bond donors (Lipinski definition) is 6. The van der Waals surface area contributed by atoms with Gasteiger partial charge in [0.1, 0.15) is 28.7 Å². The van der Waals surface area contributed by atoms with E-state index < -0.39 is 33.6 Å². The van der Waals surface area contributed by atoms with Gasteiger partial charge in [0.25, 0.3) is 0 Å². The number of aromatic nitrogens is 5. The van der Waals surface area contributed by atoms with Crippen LogP contribution in [-0.2, 0) is 32.8 Å². The van der Waals surface area contributed by atoms with Crippen LogP contribution in [0.4, 0.5) is 17.5 Å². The molecule has 1 amide bonds. The Balaban J connectivity index is 0.000000199. The summed E-state index contributed by atoms with van der Waals surface area (Å²) in [6.45, 7) is 63.0. The van der Waals surface area contributed by atoms with Gasteiger partial charge >= 0.3 is 0 Å². The largest absolute Gasteiger partial charge is 0.389 e. The first-order valence-corrected chi connectivity index (χ1v) is 37.2. The Hall–Kier alpha value is -5.74. The molecule has 5 fully saturated rings. The molecule has 5 aliphatic rings. The number of pyridine rings is 5. The first-order chi connectivity index (χ1) is 46.2. The van der Waals surface area contributed by atoms with E-state index in [9.17, 15) is 35.4 Å². The molecule has 5 aliphatic heterocycles. The summed E-state index contributed by atoms with van der Waals surface area (Å²) in [7, 11) is 0. The molecule has 19 heteroatoms. The number of amides is 1. The number of aliphatic hydroxyl groups is 6. The van der Waals surface area contributed by atoms with E-state index in [4.69, 9.17) is 0 Å². The van der Waals surface area contributed by atoms with Crippen LogP contribution in [0.1, 0.15) is 249 Å². The Morgan fingerprint density at radius 1 is 0.406 bits per heavy atom. The van der Waals surface area contributed by atoms with Gasteiger partial charge in [0.2, 0.25) is 5.91 Å². The van der Waals surface area contributed by atoms with E-state index in [2.05, 4.69) is 192 Å². The maximum atomic E-state index is 12.3. The van der Waals surface area contributed by atoms with E-state index in [1.165, 1.54) is 11.1 Å². The third-order valence-electron chi connectivity index (χ3n) is 21.2. The van der Waals surface area contributed by atoms with Crippen molar-refractivity contribution in [1.29, 1.82) is 0 Å². The fourth-order valence-electron chi connectivity index (χ4n) is 13.6. The molecule has 10 rings (SSSR count). The number of hydrogen-bond acceptors (Lipinski definition) is 18. The summed E-state index contributed by atoms with van der Waals surface area (Å²) in [6.07, 6.45) is 11.5. The molecule has 0 radical (unpaired) electrons. The average molecular weight is 1400 g/mol.